The molecule has 2 heterocycles. The Balaban J connectivity index is 1.19. The predicted molar refractivity (Wildman–Crippen MR) is 116 cm³/mol. The molecule has 4 rings (SSSR count). The van der Waals surface area contributed by atoms with Gasteiger partial charge in [-0.3, -0.25) is 0 Å². The van der Waals surface area contributed by atoms with Crippen molar-refractivity contribution in [3.05, 3.63) is 52.0 Å². The van der Waals surface area contributed by atoms with Crippen LogP contribution in [0.2, 0.25) is 10.0 Å². The molecule has 27 heavy (non-hydrogen) atoms. The highest BCUT2D eigenvalue weighted by Gasteiger charge is 2.22. The van der Waals surface area contributed by atoms with Crippen molar-refractivity contribution in [1.29, 1.82) is 0 Å². The summed E-state index contributed by atoms with van der Waals surface area (Å²) in [6, 6.07) is 12.3. The summed E-state index contributed by atoms with van der Waals surface area (Å²) >= 11 is 14.4. The average molecular weight is 423 g/mol. The van der Waals surface area contributed by atoms with Gasteiger partial charge in [-0.05, 0) is 62.0 Å². The molecule has 0 unspecified atom stereocenters. The van der Waals surface area contributed by atoms with Crippen molar-refractivity contribution in [3.8, 4) is 5.75 Å². The van der Waals surface area contributed by atoms with Crippen LogP contribution in [-0.2, 0) is 0 Å². The molecular formula is C21H24Cl2N2OS. The summed E-state index contributed by atoms with van der Waals surface area (Å²) in [6.07, 6.45) is 3.31. The van der Waals surface area contributed by atoms with Gasteiger partial charge in [-0.1, -0.05) is 35.3 Å². The highest BCUT2D eigenvalue weighted by Crippen LogP contribution is 2.37. The summed E-state index contributed by atoms with van der Waals surface area (Å²) in [6.45, 7) is 4.04. The Hall–Kier alpha value is -1.07. The lowest BCUT2D eigenvalue weighted by molar-refractivity contribution is 0.193. The molecule has 0 amide bonds. The lowest BCUT2D eigenvalue weighted by Crippen LogP contribution is -2.34. The van der Waals surface area contributed by atoms with Gasteiger partial charge in [-0.2, -0.15) is 0 Å². The van der Waals surface area contributed by atoms with Crippen LogP contribution in [0.1, 0.15) is 30.7 Å². The molecule has 0 saturated carbocycles. The molecule has 3 nitrogen and oxygen atoms in total. The minimum absolute atomic E-state index is 0.514. The van der Waals surface area contributed by atoms with Crippen LogP contribution >= 0.6 is 35.0 Å². The van der Waals surface area contributed by atoms with Crippen molar-refractivity contribution in [2.24, 2.45) is 0 Å². The molecule has 0 aromatic heterocycles. The maximum absolute atomic E-state index is 6.39. The van der Waals surface area contributed by atoms with E-state index in [-0.39, 0.29) is 0 Å². The van der Waals surface area contributed by atoms with Crippen LogP contribution in [0.25, 0.3) is 0 Å². The summed E-state index contributed by atoms with van der Waals surface area (Å²) in [5.74, 6) is 2.42. The van der Waals surface area contributed by atoms with E-state index >= 15 is 0 Å². The van der Waals surface area contributed by atoms with Crippen LogP contribution in [0, 0.1) is 0 Å². The lowest BCUT2D eigenvalue weighted by atomic mass is 9.89. The molecule has 1 N–H and O–H groups in total. The molecule has 0 radical (unpaired) electrons. The van der Waals surface area contributed by atoms with E-state index < -0.39 is 0 Å². The van der Waals surface area contributed by atoms with Gasteiger partial charge in [0.05, 0.1) is 28.2 Å². The quantitative estimate of drug-likeness (QED) is 0.566. The van der Waals surface area contributed by atoms with Gasteiger partial charge in [0.15, 0.2) is 0 Å². The number of ether oxygens (including phenoxy) is 1. The molecule has 2 aromatic carbocycles. The van der Waals surface area contributed by atoms with Gasteiger partial charge in [0, 0.05) is 17.5 Å². The second-order valence-electron chi connectivity index (χ2n) is 7.08. The van der Waals surface area contributed by atoms with Crippen LogP contribution in [0.5, 0.6) is 5.75 Å². The third-order valence-electron chi connectivity index (χ3n) is 5.34. The lowest BCUT2D eigenvalue weighted by Gasteiger charge is -2.32. The Labute approximate surface area is 175 Å². The Bertz CT molecular complexity index is 794. The fraction of sp³-hybridized carbons (Fsp3) is 0.429. The first-order chi connectivity index (χ1) is 13.2. The summed E-state index contributed by atoms with van der Waals surface area (Å²) in [5.41, 5.74) is 2.40. The van der Waals surface area contributed by atoms with Crippen LogP contribution in [0.15, 0.2) is 41.3 Å². The highest BCUT2D eigenvalue weighted by atomic mass is 35.5. The van der Waals surface area contributed by atoms with Crippen molar-refractivity contribution in [3.63, 3.8) is 0 Å². The van der Waals surface area contributed by atoms with Gasteiger partial charge < -0.3 is 15.0 Å². The Morgan fingerprint density at radius 3 is 2.85 bits per heavy atom. The Kier molecular flexibility index (Phi) is 6.39. The molecule has 1 saturated heterocycles. The van der Waals surface area contributed by atoms with Gasteiger partial charge >= 0.3 is 0 Å². The maximum Gasteiger partial charge on any atom is 0.121 e. The SMILES string of the molecule is Clc1cccc(C2CCN(CCCOc3ccc4c(c3)NCS4)CC2)c1Cl. The molecule has 6 heteroatoms. The first-order valence-electron chi connectivity index (χ1n) is 9.50. The molecule has 0 atom stereocenters. The van der Waals surface area contributed by atoms with E-state index in [9.17, 15) is 0 Å². The van der Waals surface area contributed by atoms with E-state index in [0.717, 1.165) is 62.2 Å². The fourth-order valence-electron chi connectivity index (χ4n) is 3.84. The number of fused-ring (bicyclic) bond motifs is 1. The van der Waals surface area contributed by atoms with E-state index in [1.807, 2.05) is 23.9 Å². The summed E-state index contributed by atoms with van der Waals surface area (Å²) in [4.78, 5) is 3.84. The molecule has 1 fully saturated rings. The second kappa shape index (κ2) is 8.95. The number of anilines is 1. The zero-order valence-electron chi connectivity index (χ0n) is 15.2. The van der Waals surface area contributed by atoms with E-state index in [4.69, 9.17) is 27.9 Å². The maximum atomic E-state index is 6.39. The van der Waals surface area contributed by atoms with Crippen molar-refractivity contribution in [2.75, 3.05) is 37.4 Å². The predicted octanol–water partition coefficient (Wildman–Crippen LogP) is 6.12. The van der Waals surface area contributed by atoms with Gasteiger partial charge in [-0.15, -0.1) is 11.8 Å². The van der Waals surface area contributed by atoms with Gasteiger partial charge in [0.2, 0.25) is 0 Å². The zero-order chi connectivity index (χ0) is 18.6. The molecule has 2 aromatic rings. The third kappa shape index (κ3) is 4.68. The Morgan fingerprint density at radius 1 is 1.15 bits per heavy atom. The largest absolute Gasteiger partial charge is 0.493 e. The minimum atomic E-state index is 0.514. The molecule has 144 valence electrons. The van der Waals surface area contributed by atoms with Crippen molar-refractivity contribution in [1.82, 2.24) is 4.90 Å². The number of hydrogen-bond donors (Lipinski definition) is 1. The molecule has 0 spiro atoms. The van der Waals surface area contributed by atoms with Gasteiger partial charge in [0.25, 0.3) is 0 Å². The first kappa shape index (κ1) is 19.3. The van der Waals surface area contributed by atoms with E-state index in [0.29, 0.717) is 10.9 Å². The van der Waals surface area contributed by atoms with E-state index in [1.165, 1.54) is 16.1 Å². The number of benzene rings is 2. The fourth-order valence-corrected chi connectivity index (χ4v) is 5.13. The average Bonchev–Trinajstić information content (AvgIpc) is 3.16. The number of nitrogens with zero attached hydrogens (tertiary/aromatic N) is 1. The number of hydrogen-bond acceptors (Lipinski definition) is 4. The smallest absolute Gasteiger partial charge is 0.121 e. The molecule has 2 aliphatic rings. The van der Waals surface area contributed by atoms with Crippen LogP contribution in [-0.4, -0.2) is 37.0 Å². The summed E-state index contributed by atoms with van der Waals surface area (Å²) in [5, 5.41) is 4.76. The number of nitrogens with one attached hydrogen (secondary N) is 1. The van der Waals surface area contributed by atoms with E-state index in [1.54, 1.807) is 0 Å². The van der Waals surface area contributed by atoms with Crippen LogP contribution in [0.3, 0.4) is 0 Å². The number of rotatable bonds is 6. The van der Waals surface area contributed by atoms with Crippen molar-refractivity contribution in [2.45, 2.75) is 30.1 Å². The molecular weight excluding hydrogens is 399 g/mol. The van der Waals surface area contributed by atoms with Gasteiger partial charge in [0.1, 0.15) is 5.75 Å². The second-order valence-corrected chi connectivity index (χ2v) is 8.89. The molecule has 0 bridgehead atoms. The zero-order valence-corrected chi connectivity index (χ0v) is 17.5. The summed E-state index contributed by atoms with van der Waals surface area (Å²) in [7, 11) is 0. The van der Waals surface area contributed by atoms with Crippen molar-refractivity contribution < 1.29 is 4.74 Å². The first-order valence-corrected chi connectivity index (χ1v) is 11.2. The van der Waals surface area contributed by atoms with Gasteiger partial charge in [-0.25, -0.2) is 0 Å². The topological polar surface area (TPSA) is 24.5 Å². The van der Waals surface area contributed by atoms with Crippen LogP contribution < -0.4 is 10.1 Å². The summed E-state index contributed by atoms with van der Waals surface area (Å²) < 4.78 is 5.93. The number of thioether (sulfide) groups is 1. The molecule has 2 aliphatic heterocycles. The minimum Gasteiger partial charge on any atom is -0.493 e. The number of halogens is 2. The van der Waals surface area contributed by atoms with Crippen LogP contribution in [0.4, 0.5) is 5.69 Å². The van der Waals surface area contributed by atoms with E-state index in [2.05, 4.69) is 34.5 Å². The molecule has 0 aliphatic carbocycles. The third-order valence-corrected chi connectivity index (χ3v) is 7.13. The standard InChI is InChI=1S/C21H24Cl2N2OS/c22-18-4-1-3-17(21(18)23)15-7-10-25(11-8-15)9-2-12-26-16-5-6-20-19(13-16)24-14-27-20/h1,3-6,13,15,24H,2,7-12,14H2. The highest BCUT2D eigenvalue weighted by molar-refractivity contribution is 7.99. The monoisotopic (exact) mass is 422 g/mol. The Morgan fingerprint density at radius 2 is 2.00 bits per heavy atom. The number of likely N-dealkylation sites (tertiary alicyclic amines) is 1. The normalized spacial score (nSPS) is 17.6. The van der Waals surface area contributed by atoms with Crippen molar-refractivity contribution >= 4 is 40.7 Å². The number of piperidine rings is 1.